The smallest absolute Gasteiger partial charge is 0.255 e. The van der Waals surface area contributed by atoms with Crippen molar-refractivity contribution in [3.63, 3.8) is 0 Å². The summed E-state index contributed by atoms with van der Waals surface area (Å²) in [5.41, 5.74) is 0.822. The molecule has 7 heteroatoms. The fourth-order valence-electron chi connectivity index (χ4n) is 2.82. The topological polar surface area (TPSA) is 81.1 Å². The number of hydrogen-bond donors (Lipinski definition) is 2. The van der Waals surface area contributed by atoms with E-state index in [1.165, 1.54) is 18.2 Å². The van der Waals surface area contributed by atoms with Crippen LogP contribution in [0.15, 0.2) is 46.9 Å². The second-order valence-electron chi connectivity index (χ2n) is 5.80. The number of carbonyl (C=O) groups excluding carboxylic acids is 2. The molecular formula is C18H17BrN2O4. The molecule has 0 aromatic heterocycles. The van der Waals surface area contributed by atoms with E-state index in [1.54, 1.807) is 15.9 Å². The number of carbonyl (C=O) groups is 2. The van der Waals surface area contributed by atoms with Crippen LogP contribution in [-0.2, 0) is 0 Å². The van der Waals surface area contributed by atoms with Gasteiger partial charge in [0.25, 0.3) is 11.8 Å². The SMILES string of the molecule is O=C(c1cc(O)cc(O)c1)N1CCN(C(=O)c2ccccc2Br)CC1. The molecule has 0 saturated carbocycles. The van der Waals surface area contributed by atoms with Gasteiger partial charge in [0, 0.05) is 42.3 Å². The largest absolute Gasteiger partial charge is 0.508 e. The van der Waals surface area contributed by atoms with Crippen molar-refractivity contribution in [3.05, 3.63) is 58.1 Å². The lowest BCUT2D eigenvalue weighted by Gasteiger charge is -2.35. The van der Waals surface area contributed by atoms with Crippen molar-refractivity contribution in [3.8, 4) is 11.5 Å². The van der Waals surface area contributed by atoms with Crippen LogP contribution in [0.4, 0.5) is 0 Å². The molecule has 0 bridgehead atoms. The van der Waals surface area contributed by atoms with E-state index in [-0.39, 0.29) is 28.9 Å². The third-order valence-corrected chi connectivity index (χ3v) is 4.80. The van der Waals surface area contributed by atoms with Crippen LogP contribution < -0.4 is 0 Å². The molecule has 1 aliphatic heterocycles. The normalized spacial score (nSPS) is 14.4. The van der Waals surface area contributed by atoms with Crippen molar-refractivity contribution in [2.45, 2.75) is 0 Å². The lowest BCUT2D eigenvalue weighted by Crippen LogP contribution is -2.50. The van der Waals surface area contributed by atoms with Gasteiger partial charge in [-0.3, -0.25) is 9.59 Å². The molecule has 0 aliphatic carbocycles. The van der Waals surface area contributed by atoms with Crippen molar-refractivity contribution in [1.82, 2.24) is 9.80 Å². The molecule has 2 N–H and O–H groups in total. The molecule has 2 aromatic rings. The first kappa shape index (κ1) is 17.3. The van der Waals surface area contributed by atoms with Gasteiger partial charge in [-0.05, 0) is 40.2 Å². The maximum absolute atomic E-state index is 12.6. The standard InChI is InChI=1S/C18H17BrN2O4/c19-16-4-2-1-3-15(16)18(25)21-7-5-20(6-8-21)17(24)12-9-13(22)11-14(23)10-12/h1-4,9-11,22-23H,5-8H2. The predicted octanol–water partition coefficient (Wildman–Crippen LogP) is 2.46. The molecule has 0 unspecified atom stereocenters. The molecule has 0 spiro atoms. The van der Waals surface area contributed by atoms with E-state index < -0.39 is 0 Å². The quantitative estimate of drug-likeness (QED) is 0.805. The van der Waals surface area contributed by atoms with Crippen LogP contribution in [0, 0.1) is 0 Å². The van der Waals surface area contributed by atoms with Gasteiger partial charge in [0.2, 0.25) is 0 Å². The molecule has 130 valence electrons. The molecular weight excluding hydrogens is 388 g/mol. The Labute approximate surface area is 153 Å². The number of amides is 2. The molecule has 0 atom stereocenters. The summed E-state index contributed by atoms with van der Waals surface area (Å²) < 4.78 is 0.744. The number of nitrogens with zero attached hydrogens (tertiary/aromatic N) is 2. The highest BCUT2D eigenvalue weighted by molar-refractivity contribution is 9.10. The molecule has 0 radical (unpaired) electrons. The summed E-state index contributed by atoms with van der Waals surface area (Å²) in [5.74, 6) is -0.675. The average Bonchev–Trinajstić information content (AvgIpc) is 2.60. The van der Waals surface area contributed by atoms with Crippen molar-refractivity contribution >= 4 is 27.7 Å². The third-order valence-electron chi connectivity index (χ3n) is 4.11. The van der Waals surface area contributed by atoms with E-state index in [4.69, 9.17) is 0 Å². The van der Waals surface area contributed by atoms with Crippen LogP contribution in [0.5, 0.6) is 11.5 Å². The van der Waals surface area contributed by atoms with Gasteiger partial charge in [-0.25, -0.2) is 0 Å². The summed E-state index contributed by atoms with van der Waals surface area (Å²) in [6.45, 7) is 1.64. The number of hydrogen-bond acceptors (Lipinski definition) is 4. The van der Waals surface area contributed by atoms with Gasteiger partial charge in [0.15, 0.2) is 0 Å². The summed E-state index contributed by atoms with van der Waals surface area (Å²) in [6, 6.07) is 11.1. The number of rotatable bonds is 2. The molecule has 2 amide bonds. The van der Waals surface area contributed by atoms with E-state index in [0.29, 0.717) is 31.7 Å². The van der Waals surface area contributed by atoms with Gasteiger partial charge in [0.05, 0.1) is 5.56 Å². The van der Waals surface area contributed by atoms with E-state index in [9.17, 15) is 19.8 Å². The average molecular weight is 405 g/mol. The Morgan fingerprint density at radius 2 is 1.36 bits per heavy atom. The number of aromatic hydroxyl groups is 2. The molecule has 1 saturated heterocycles. The fraction of sp³-hybridized carbons (Fsp3) is 0.222. The van der Waals surface area contributed by atoms with E-state index in [0.717, 1.165) is 4.47 Å². The second-order valence-corrected chi connectivity index (χ2v) is 6.66. The Kier molecular flexibility index (Phi) is 4.94. The van der Waals surface area contributed by atoms with Crippen LogP contribution in [0.3, 0.4) is 0 Å². The van der Waals surface area contributed by atoms with Crippen LogP contribution in [0.2, 0.25) is 0 Å². The minimum atomic E-state index is -0.279. The Bertz CT molecular complexity index is 796. The van der Waals surface area contributed by atoms with Gasteiger partial charge < -0.3 is 20.0 Å². The van der Waals surface area contributed by atoms with Gasteiger partial charge in [0.1, 0.15) is 11.5 Å². The van der Waals surface area contributed by atoms with Gasteiger partial charge >= 0.3 is 0 Å². The Balaban J connectivity index is 1.66. The van der Waals surface area contributed by atoms with Gasteiger partial charge in [-0.2, -0.15) is 0 Å². The summed E-state index contributed by atoms with van der Waals surface area (Å²) in [7, 11) is 0. The zero-order valence-electron chi connectivity index (χ0n) is 13.4. The molecule has 3 rings (SSSR count). The predicted molar refractivity (Wildman–Crippen MR) is 95.7 cm³/mol. The number of piperazine rings is 1. The zero-order valence-corrected chi connectivity index (χ0v) is 14.9. The molecule has 6 nitrogen and oxygen atoms in total. The first-order chi connectivity index (χ1) is 12.0. The first-order valence-corrected chi connectivity index (χ1v) is 8.61. The highest BCUT2D eigenvalue weighted by atomic mass is 79.9. The van der Waals surface area contributed by atoms with Crippen molar-refractivity contribution in [2.75, 3.05) is 26.2 Å². The van der Waals surface area contributed by atoms with Crippen LogP contribution in [-0.4, -0.2) is 58.0 Å². The highest BCUT2D eigenvalue weighted by Crippen LogP contribution is 2.23. The number of halogens is 1. The van der Waals surface area contributed by atoms with Gasteiger partial charge in [-0.15, -0.1) is 0 Å². The maximum atomic E-state index is 12.6. The Hall–Kier alpha value is -2.54. The maximum Gasteiger partial charge on any atom is 0.255 e. The third kappa shape index (κ3) is 3.76. The number of phenols is 2. The van der Waals surface area contributed by atoms with Crippen LogP contribution in [0.1, 0.15) is 20.7 Å². The lowest BCUT2D eigenvalue weighted by molar-refractivity contribution is 0.0534. The minimum Gasteiger partial charge on any atom is -0.508 e. The minimum absolute atomic E-state index is 0.0745. The molecule has 1 heterocycles. The van der Waals surface area contributed by atoms with E-state index >= 15 is 0 Å². The summed E-state index contributed by atoms with van der Waals surface area (Å²) in [4.78, 5) is 28.4. The van der Waals surface area contributed by atoms with Crippen molar-refractivity contribution < 1.29 is 19.8 Å². The molecule has 1 fully saturated rings. The second kappa shape index (κ2) is 7.14. The number of phenolic OH excluding ortho intramolecular Hbond substituents is 2. The zero-order chi connectivity index (χ0) is 18.0. The highest BCUT2D eigenvalue weighted by Gasteiger charge is 2.26. The Morgan fingerprint density at radius 1 is 0.840 bits per heavy atom. The van der Waals surface area contributed by atoms with Gasteiger partial charge in [-0.1, -0.05) is 12.1 Å². The molecule has 25 heavy (non-hydrogen) atoms. The van der Waals surface area contributed by atoms with E-state index in [1.807, 2.05) is 18.2 Å². The fourth-order valence-corrected chi connectivity index (χ4v) is 3.27. The summed E-state index contributed by atoms with van der Waals surface area (Å²) in [6.07, 6.45) is 0. The monoisotopic (exact) mass is 404 g/mol. The van der Waals surface area contributed by atoms with Crippen molar-refractivity contribution in [2.24, 2.45) is 0 Å². The summed E-state index contributed by atoms with van der Waals surface area (Å²) in [5, 5.41) is 19.0. The molecule has 2 aromatic carbocycles. The lowest BCUT2D eigenvalue weighted by atomic mass is 10.1. The number of benzene rings is 2. The summed E-state index contributed by atoms with van der Waals surface area (Å²) >= 11 is 3.38. The Morgan fingerprint density at radius 3 is 1.92 bits per heavy atom. The van der Waals surface area contributed by atoms with E-state index in [2.05, 4.69) is 15.9 Å². The molecule has 1 aliphatic rings. The first-order valence-electron chi connectivity index (χ1n) is 7.82. The van der Waals surface area contributed by atoms with Crippen LogP contribution in [0.25, 0.3) is 0 Å². The van der Waals surface area contributed by atoms with Crippen molar-refractivity contribution in [1.29, 1.82) is 0 Å². The van der Waals surface area contributed by atoms with Crippen LogP contribution >= 0.6 is 15.9 Å².